The standard InChI is InChI=1S/C9H11ClN2O2/c10-8-3-6(11)4-12-9(8)14-7-1-2-13-5-7/h3-4,7H,1-2,5,11H2. The minimum absolute atomic E-state index is 0.0589. The molecular weight excluding hydrogens is 204 g/mol. The van der Waals surface area contributed by atoms with Crippen LogP contribution in [0.4, 0.5) is 5.69 Å². The first-order valence-electron chi connectivity index (χ1n) is 4.41. The van der Waals surface area contributed by atoms with Gasteiger partial charge in [0, 0.05) is 6.42 Å². The molecule has 2 rings (SSSR count). The van der Waals surface area contributed by atoms with Crippen molar-refractivity contribution in [2.24, 2.45) is 0 Å². The first kappa shape index (κ1) is 9.55. The van der Waals surface area contributed by atoms with E-state index in [1.807, 2.05) is 0 Å². The fourth-order valence-electron chi connectivity index (χ4n) is 1.29. The summed E-state index contributed by atoms with van der Waals surface area (Å²) in [6.07, 6.45) is 2.46. The molecule has 14 heavy (non-hydrogen) atoms. The predicted octanol–water partition coefficient (Wildman–Crippen LogP) is 1.48. The molecule has 1 unspecified atom stereocenters. The third kappa shape index (κ3) is 2.08. The number of nitrogens with zero attached hydrogens (tertiary/aromatic N) is 1. The van der Waals surface area contributed by atoms with Crippen LogP contribution in [0.15, 0.2) is 12.3 Å². The van der Waals surface area contributed by atoms with Crippen LogP contribution in [0.1, 0.15) is 6.42 Å². The van der Waals surface area contributed by atoms with E-state index in [0.717, 1.165) is 13.0 Å². The average molecular weight is 215 g/mol. The largest absolute Gasteiger partial charge is 0.471 e. The molecule has 1 aliphatic rings. The Labute approximate surface area is 87.0 Å². The van der Waals surface area contributed by atoms with E-state index in [1.54, 1.807) is 6.07 Å². The zero-order chi connectivity index (χ0) is 9.97. The molecular formula is C9H11ClN2O2. The Hall–Kier alpha value is -1.00. The van der Waals surface area contributed by atoms with Crippen LogP contribution in [0.2, 0.25) is 5.02 Å². The van der Waals surface area contributed by atoms with E-state index in [2.05, 4.69) is 4.98 Å². The summed E-state index contributed by atoms with van der Waals surface area (Å²) in [5.74, 6) is 0.427. The van der Waals surface area contributed by atoms with Gasteiger partial charge in [-0.05, 0) is 6.07 Å². The normalized spacial score (nSPS) is 21.1. The lowest BCUT2D eigenvalue weighted by Crippen LogP contribution is -2.16. The Bertz CT molecular complexity index is 327. The molecule has 2 N–H and O–H groups in total. The van der Waals surface area contributed by atoms with Crippen molar-refractivity contribution < 1.29 is 9.47 Å². The summed E-state index contributed by atoms with van der Waals surface area (Å²) in [6.45, 7) is 1.33. The summed E-state index contributed by atoms with van der Waals surface area (Å²) >= 11 is 5.90. The van der Waals surface area contributed by atoms with Crippen LogP contribution < -0.4 is 10.5 Å². The van der Waals surface area contributed by atoms with Crippen molar-refractivity contribution in [1.29, 1.82) is 0 Å². The number of hydrogen-bond donors (Lipinski definition) is 1. The molecule has 0 saturated carbocycles. The van der Waals surface area contributed by atoms with Crippen molar-refractivity contribution in [1.82, 2.24) is 4.98 Å². The summed E-state index contributed by atoms with van der Waals surface area (Å²) in [4.78, 5) is 4.01. The maximum Gasteiger partial charge on any atom is 0.233 e. The van der Waals surface area contributed by atoms with Crippen LogP contribution in [0.5, 0.6) is 5.88 Å². The van der Waals surface area contributed by atoms with E-state index in [1.165, 1.54) is 6.20 Å². The molecule has 5 heteroatoms. The van der Waals surface area contributed by atoms with Gasteiger partial charge in [0.1, 0.15) is 11.1 Å². The van der Waals surface area contributed by atoms with Gasteiger partial charge >= 0.3 is 0 Å². The van der Waals surface area contributed by atoms with Gasteiger partial charge in [0.05, 0.1) is 25.1 Å². The third-order valence-electron chi connectivity index (χ3n) is 1.99. The second-order valence-corrected chi connectivity index (χ2v) is 3.57. The summed E-state index contributed by atoms with van der Waals surface area (Å²) in [7, 11) is 0. The van der Waals surface area contributed by atoms with Crippen LogP contribution in [-0.2, 0) is 4.74 Å². The highest BCUT2D eigenvalue weighted by Crippen LogP contribution is 2.25. The zero-order valence-corrected chi connectivity index (χ0v) is 8.33. The molecule has 1 aliphatic heterocycles. The molecule has 0 bridgehead atoms. The minimum atomic E-state index is 0.0589. The number of ether oxygens (including phenoxy) is 2. The fraction of sp³-hybridized carbons (Fsp3) is 0.444. The number of anilines is 1. The van der Waals surface area contributed by atoms with Gasteiger partial charge in [0.2, 0.25) is 5.88 Å². The van der Waals surface area contributed by atoms with Gasteiger partial charge in [-0.1, -0.05) is 11.6 Å². The second-order valence-electron chi connectivity index (χ2n) is 3.16. The fourth-order valence-corrected chi connectivity index (χ4v) is 1.51. The topological polar surface area (TPSA) is 57.4 Å². The molecule has 1 aromatic rings. The lowest BCUT2D eigenvalue weighted by atomic mass is 10.3. The van der Waals surface area contributed by atoms with Gasteiger partial charge in [0.15, 0.2) is 0 Å². The molecule has 76 valence electrons. The van der Waals surface area contributed by atoms with Gasteiger partial charge in [-0.15, -0.1) is 0 Å². The van der Waals surface area contributed by atoms with Gasteiger partial charge in [-0.25, -0.2) is 4.98 Å². The van der Waals surface area contributed by atoms with Gasteiger partial charge in [-0.2, -0.15) is 0 Å². The number of halogens is 1. The smallest absolute Gasteiger partial charge is 0.233 e. The van der Waals surface area contributed by atoms with Crippen molar-refractivity contribution in [3.63, 3.8) is 0 Å². The maximum absolute atomic E-state index is 5.90. The Morgan fingerprint density at radius 2 is 2.50 bits per heavy atom. The van der Waals surface area contributed by atoms with Crippen LogP contribution in [0, 0.1) is 0 Å². The Kier molecular flexibility index (Phi) is 2.74. The molecule has 0 spiro atoms. The van der Waals surface area contributed by atoms with Gasteiger partial charge in [-0.3, -0.25) is 0 Å². The molecule has 0 aliphatic carbocycles. The van der Waals surface area contributed by atoms with Crippen molar-refractivity contribution in [2.75, 3.05) is 18.9 Å². The molecule has 0 radical (unpaired) electrons. The van der Waals surface area contributed by atoms with E-state index in [-0.39, 0.29) is 6.10 Å². The summed E-state index contributed by atoms with van der Waals surface area (Å²) < 4.78 is 10.7. The first-order chi connectivity index (χ1) is 6.75. The molecule has 2 heterocycles. The highest BCUT2D eigenvalue weighted by Gasteiger charge is 2.18. The number of nitrogen functional groups attached to an aromatic ring is 1. The molecule has 1 aromatic heterocycles. The lowest BCUT2D eigenvalue weighted by Gasteiger charge is -2.11. The van der Waals surface area contributed by atoms with E-state index < -0.39 is 0 Å². The Balaban J connectivity index is 2.08. The van der Waals surface area contributed by atoms with Crippen molar-refractivity contribution >= 4 is 17.3 Å². The minimum Gasteiger partial charge on any atom is -0.471 e. The van der Waals surface area contributed by atoms with Crippen molar-refractivity contribution in [3.05, 3.63) is 17.3 Å². The first-order valence-corrected chi connectivity index (χ1v) is 4.79. The maximum atomic E-state index is 5.90. The number of pyridine rings is 1. The monoisotopic (exact) mass is 214 g/mol. The highest BCUT2D eigenvalue weighted by atomic mass is 35.5. The molecule has 0 aromatic carbocycles. The average Bonchev–Trinajstić information content (AvgIpc) is 2.62. The Morgan fingerprint density at radius 3 is 3.14 bits per heavy atom. The number of rotatable bonds is 2. The highest BCUT2D eigenvalue weighted by molar-refractivity contribution is 6.32. The molecule has 1 saturated heterocycles. The van der Waals surface area contributed by atoms with Gasteiger partial charge < -0.3 is 15.2 Å². The number of hydrogen-bond acceptors (Lipinski definition) is 4. The lowest BCUT2D eigenvalue weighted by molar-refractivity contribution is 0.138. The predicted molar refractivity (Wildman–Crippen MR) is 53.5 cm³/mol. The van der Waals surface area contributed by atoms with Crippen LogP contribution in [0.25, 0.3) is 0 Å². The molecule has 1 atom stereocenters. The third-order valence-corrected chi connectivity index (χ3v) is 2.27. The Morgan fingerprint density at radius 1 is 1.64 bits per heavy atom. The van der Waals surface area contributed by atoms with E-state index >= 15 is 0 Å². The van der Waals surface area contributed by atoms with Gasteiger partial charge in [0.25, 0.3) is 0 Å². The van der Waals surface area contributed by atoms with Crippen LogP contribution in [0.3, 0.4) is 0 Å². The number of nitrogens with two attached hydrogens (primary N) is 1. The van der Waals surface area contributed by atoms with E-state index in [9.17, 15) is 0 Å². The summed E-state index contributed by atoms with van der Waals surface area (Å²) in [5.41, 5.74) is 6.04. The van der Waals surface area contributed by atoms with Crippen molar-refractivity contribution in [2.45, 2.75) is 12.5 Å². The summed E-state index contributed by atoms with van der Waals surface area (Å²) in [5, 5.41) is 0.442. The van der Waals surface area contributed by atoms with Crippen LogP contribution in [-0.4, -0.2) is 24.3 Å². The SMILES string of the molecule is Nc1cnc(OC2CCOC2)c(Cl)c1. The van der Waals surface area contributed by atoms with Crippen molar-refractivity contribution in [3.8, 4) is 5.88 Å². The second kappa shape index (κ2) is 4.02. The molecule has 0 amide bonds. The van der Waals surface area contributed by atoms with E-state index in [0.29, 0.717) is 23.2 Å². The molecule has 4 nitrogen and oxygen atoms in total. The number of aromatic nitrogens is 1. The summed E-state index contributed by atoms with van der Waals surface area (Å²) in [6, 6.07) is 1.62. The quantitative estimate of drug-likeness (QED) is 0.811. The molecule has 1 fully saturated rings. The zero-order valence-electron chi connectivity index (χ0n) is 7.57. The van der Waals surface area contributed by atoms with E-state index in [4.69, 9.17) is 26.8 Å². The van der Waals surface area contributed by atoms with Crippen LogP contribution >= 0.6 is 11.6 Å².